The molecule has 0 aliphatic carbocycles. The van der Waals surface area contributed by atoms with E-state index in [1.165, 1.54) is 5.56 Å². The molecule has 0 bridgehead atoms. The molecule has 3 rings (SSSR count). The van der Waals surface area contributed by atoms with Gasteiger partial charge < -0.3 is 15.3 Å². The smallest absolute Gasteiger partial charge is 0.0688 e. The van der Waals surface area contributed by atoms with E-state index >= 15 is 0 Å². The summed E-state index contributed by atoms with van der Waals surface area (Å²) in [6, 6.07) is 22.6. The van der Waals surface area contributed by atoms with Gasteiger partial charge in [-0.3, -0.25) is 0 Å². The molecular weight excluding hydrogens is 336 g/mol. The lowest BCUT2D eigenvalue weighted by Gasteiger charge is -2.15. The molecule has 3 nitrogen and oxygen atoms in total. The van der Waals surface area contributed by atoms with Crippen LogP contribution < -0.4 is 0 Å². The summed E-state index contributed by atoms with van der Waals surface area (Å²) in [5.74, 6) is 0. The van der Waals surface area contributed by atoms with Crippen LogP contribution in [0.2, 0.25) is 0 Å². The van der Waals surface area contributed by atoms with Crippen molar-refractivity contribution in [3.05, 3.63) is 83.4 Å². The maximum atomic E-state index is 9.88. The lowest BCUT2D eigenvalue weighted by molar-refractivity contribution is 0.282. The second-order valence-electron chi connectivity index (χ2n) is 6.69. The number of aliphatic hydroxyl groups is 3. The van der Waals surface area contributed by atoms with Crippen LogP contribution in [-0.2, 0) is 19.4 Å². The van der Waals surface area contributed by atoms with Gasteiger partial charge in [0.15, 0.2) is 0 Å². The van der Waals surface area contributed by atoms with E-state index in [0.29, 0.717) is 6.42 Å². The average molecular weight is 362 g/mol. The van der Waals surface area contributed by atoms with Crippen molar-refractivity contribution in [2.75, 3.05) is 13.2 Å². The van der Waals surface area contributed by atoms with Crippen LogP contribution >= 0.6 is 0 Å². The monoisotopic (exact) mass is 362 g/mol. The van der Waals surface area contributed by atoms with E-state index in [9.17, 15) is 5.11 Å². The minimum atomic E-state index is -0.0158. The molecule has 0 saturated heterocycles. The van der Waals surface area contributed by atoms with Crippen molar-refractivity contribution in [2.24, 2.45) is 0 Å². The van der Waals surface area contributed by atoms with Crippen LogP contribution in [0, 0.1) is 0 Å². The highest BCUT2D eigenvalue weighted by Gasteiger charge is 2.12. The summed E-state index contributed by atoms with van der Waals surface area (Å²) < 4.78 is 0. The molecule has 0 atom stereocenters. The topological polar surface area (TPSA) is 60.7 Å². The van der Waals surface area contributed by atoms with Crippen molar-refractivity contribution in [2.45, 2.75) is 25.9 Å². The third-order valence-corrected chi connectivity index (χ3v) is 4.85. The minimum absolute atomic E-state index is 0.0158. The number of aryl methyl sites for hydroxylation is 1. The van der Waals surface area contributed by atoms with Crippen molar-refractivity contribution in [1.82, 2.24) is 0 Å². The van der Waals surface area contributed by atoms with Gasteiger partial charge >= 0.3 is 0 Å². The predicted octanol–water partition coefficient (Wildman–Crippen LogP) is 3.97. The fraction of sp³-hybridized carbons (Fsp3) is 0.250. The van der Waals surface area contributed by atoms with E-state index in [-0.39, 0.29) is 19.8 Å². The molecule has 0 radical (unpaired) electrons. The van der Waals surface area contributed by atoms with Crippen LogP contribution in [0.1, 0.15) is 23.1 Å². The summed E-state index contributed by atoms with van der Waals surface area (Å²) in [5, 5.41) is 28.0. The Morgan fingerprint density at radius 2 is 1.22 bits per heavy atom. The van der Waals surface area contributed by atoms with Crippen LogP contribution in [0.4, 0.5) is 0 Å². The molecular formula is C24H26O3. The Hall–Kier alpha value is -2.46. The third kappa shape index (κ3) is 4.64. The van der Waals surface area contributed by atoms with Crippen LogP contribution in [0.3, 0.4) is 0 Å². The van der Waals surface area contributed by atoms with Gasteiger partial charge in [-0.05, 0) is 58.2 Å². The molecule has 3 heteroatoms. The molecule has 3 aromatic rings. The molecule has 0 fully saturated rings. The molecule has 0 aliphatic heterocycles. The number of rotatable bonds is 8. The maximum Gasteiger partial charge on any atom is 0.0688 e. The molecule has 0 spiro atoms. The Labute approximate surface area is 160 Å². The standard InChI is InChI=1S/C24H26O3/c25-15-2-3-18-8-12-21(13-9-18)24-22(17-27)4-1-5-23(24)20-10-6-19(7-11-20)14-16-26/h1,4-13,25-27H,2-3,14-17H2. The number of hydrogen-bond acceptors (Lipinski definition) is 3. The number of aliphatic hydroxyl groups excluding tert-OH is 3. The maximum absolute atomic E-state index is 9.88. The first kappa shape index (κ1) is 19.3. The van der Waals surface area contributed by atoms with Crippen molar-refractivity contribution >= 4 is 0 Å². The molecule has 0 aromatic heterocycles. The minimum Gasteiger partial charge on any atom is -0.396 e. The normalized spacial score (nSPS) is 10.9. The van der Waals surface area contributed by atoms with Gasteiger partial charge in [-0.1, -0.05) is 66.7 Å². The highest BCUT2D eigenvalue weighted by molar-refractivity contribution is 5.85. The summed E-state index contributed by atoms with van der Waals surface area (Å²) in [7, 11) is 0. The first-order valence-corrected chi connectivity index (χ1v) is 9.40. The van der Waals surface area contributed by atoms with Gasteiger partial charge in [-0.2, -0.15) is 0 Å². The van der Waals surface area contributed by atoms with Crippen molar-refractivity contribution in [3.63, 3.8) is 0 Å². The fourth-order valence-electron chi connectivity index (χ4n) is 3.41. The van der Waals surface area contributed by atoms with Crippen LogP contribution in [0.15, 0.2) is 66.7 Å². The zero-order valence-corrected chi connectivity index (χ0v) is 15.4. The molecule has 0 aliphatic rings. The average Bonchev–Trinajstić information content (AvgIpc) is 2.73. The summed E-state index contributed by atoms with van der Waals surface area (Å²) >= 11 is 0. The second kappa shape index (κ2) is 9.47. The van der Waals surface area contributed by atoms with Crippen molar-refractivity contribution in [3.8, 4) is 22.3 Å². The molecule has 3 N–H and O–H groups in total. The first-order valence-electron chi connectivity index (χ1n) is 9.40. The molecule has 0 unspecified atom stereocenters. The van der Waals surface area contributed by atoms with E-state index in [2.05, 4.69) is 42.5 Å². The Balaban J connectivity index is 2.01. The van der Waals surface area contributed by atoms with Gasteiger partial charge in [0.05, 0.1) is 6.61 Å². The van der Waals surface area contributed by atoms with Crippen LogP contribution in [0.5, 0.6) is 0 Å². The number of hydrogen-bond donors (Lipinski definition) is 3. The van der Waals surface area contributed by atoms with E-state index in [4.69, 9.17) is 10.2 Å². The molecule has 0 saturated carbocycles. The fourth-order valence-corrected chi connectivity index (χ4v) is 3.41. The largest absolute Gasteiger partial charge is 0.396 e. The highest BCUT2D eigenvalue weighted by Crippen LogP contribution is 2.35. The van der Waals surface area contributed by atoms with E-state index < -0.39 is 0 Å². The zero-order valence-electron chi connectivity index (χ0n) is 15.4. The summed E-state index contributed by atoms with van der Waals surface area (Å²) in [5.41, 5.74) is 7.49. The van der Waals surface area contributed by atoms with E-state index in [1.807, 2.05) is 24.3 Å². The third-order valence-electron chi connectivity index (χ3n) is 4.85. The Bertz CT molecular complexity index is 852. The molecule has 0 heterocycles. The Morgan fingerprint density at radius 1 is 0.593 bits per heavy atom. The van der Waals surface area contributed by atoms with E-state index in [0.717, 1.165) is 46.2 Å². The molecule has 27 heavy (non-hydrogen) atoms. The summed E-state index contributed by atoms with van der Waals surface area (Å²) in [4.78, 5) is 0. The predicted molar refractivity (Wildman–Crippen MR) is 109 cm³/mol. The summed E-state index contributed by atoms with van der Waals surface area (Å²) in [6.07, 6.45) is 2.27. The Kier molecular flexibility index (Phi) is 6.77. The van der Waals surface area contributed by atoms with Gasteiger partial charge in [-0.15, -0.1) is 0 Å². The first-order chi connectivity index (χ1) is 13.3. The SMILES string of the molecule is OCCCc1ccc(-c2c(CO)cccc2-c2ccc(CCO)cc2)cc1. The van der Waals surface area contributed by atoms with Crippen molar-refractivity contribution in [1.29, 1.82) is 0 Å². The summed E-state index contributed by atoms with van der Waals surface area (Å²) in [6.45, 7) is 0.330. The van der Waals surface area contributed by atoms with Gasteiger partial charge in [-0.25, -0.2) is 0 Å². The van der Waals surface area contributed by atoms with E-state index in [1.54, 1.807) is 0 Å². The molecule has 0 amide bonds. The quantitative estimate of drug-likeness (QED) is 0.568. The lowest BCUT2D eigenvalue weighted by atomic mass is 9.89. The van der Waals surface area contributed by atoms with Gasteiger partial charge in [0.1, 0.15) is 0 Å². The lowest BCUT2D eigenvalue weighted by Crippen LogP contribution is -1.95. The van der Waals surface area contributed by atoms with Gasteiger partial charge in [0.25, 0.3) is 0 Å². The van der Waals surface area contributed by atoms with Crippen molar-refractivity contribution < 1.29 is 15.3 Å². The number of benzene rings is 3. The van der Waals surface area contributed by atoms with Gasteiger partial charge in [0, 0.05) is 13.2 Å². The molecule has 3 aromatic carbocycles. The zero-order chi connectivity index (χ0) is 19.1. The van der Waals surface area contributed by atoms with Crippen LogP contribution in [0.25, 0.3) is 22.3 Å². The van der Waals surface area contributed by atoms with Gasteiger partial charge in [0.2, 0.25) is 0 Å². The second-order valence-corrected chi connectivity index (χ2v) is 6.69. The Morgan fingerprint density at radius 3 is 1.81 bits per heavy atom. The highest BCUT2D eigenvalue weighted by atomic mass is 16.3. The van der Waals surface area contributed by atoms with Crippen LogP contribution in [-0.4, -0.2) is 28.5 Å². The molecule has 140 valence electrons.